The summed E-state index contributed by atoms with van der Waals surface area (Å²) in [6.45, 7) is 15.0. The van der Waals surface area contributed by atoms with Crippen molar-refractivity contribution in [3.05, 3.63) is 59.2 Å². The Labute approximate surface area is 164 Å². The molecule has 2 aromatic rings. The molecule has 3 heteroatoms. The van der Waals surface area contributed by atoms with Crippen molar-refractivity contribution in [3.8, 4) is 11.5 Å². The Kier molecular flexibility index (Phi) is 6.94. The predicted molar refractivity (Wildman–Crippen MR) is 114 cm³/mol. The van der Waals surface area contributed by atoms with E-state index in [9.17, 15) is 0 Å². The van der Waals surface area contributed by atoms with Gasteiger partial charge in [-0.25, -0.2) is 0 Å². The normalized spacial score (nSPS) is 12.1. The first kappa shape index (κ1) is 21.3. The van der Waals surface area contributed by atoms with E-state index in [2.05, 4.69) is 65.8 Å². The maximum atomic E-state index is 6.10. The van der Waals surface area contributed by atoms with Gasteiger partial charge in [-0.1, -0.05) is 71.9 Å². The summed E-state index contributed by atoms with van der Waals surface area (Å²) in [4.78, 5) is 0. The highest BCUT2D eigenvalue weighted by Crippen LogP contribution is 2.35. The molecule has 0 aliphatic rings. The van der Waals surface area contributed by atoms with Gasteiger partial charge in [0.05, 0.1) is 0 Å². The molecule has 0 saturated carbocycles. The zero-order chi connectivity index (χ0) is 20.1. The van der Waals surface area contributed by atoms with Crippen molar-refractivity contribution >= 4 is 0 Å². The number of nitrogens with two attached hydrogens (primary N) is 1. The van der Waals surface area contributed by atoms with Crippen LogP contribution in [0.3, 0.4) is 0 Å². The number of benzene rings is 2. The summed E-state index contributed by atoms with van der Waals surface area (Å²) in [5.74, 6) is 1.83. The molecule has 0 atom stereocenters. The van der Waals surface area contributed by atoms with Gasteiger partial charge in [-0.2, -0.15) is 0 Å². The van der Waals surface area contributed by atoms with Crippen LogP contribution in [0.25, 0.3) is 0 Å². The zero-order valence-electron chi connectivity index (χ0n) is 17.8. The fraction of sp³-hybridized carbons (Fsp3) is 0.500. The van der Waals surface area contributed by atoms with E-state index in [-0.39, 0.29) is 10.8 Å². The van der Waals surface area contributed by atoms with Gasteiger partial charge < -0.3 is 15.2 Å². The van der Waals surface area contributed by atoms with Crippen molar-refractivity contribution < 1.29 is 9.47 Å². The monoisotopic (exact) mass is 369 g/mol. The highest BCUT2D eigenvalue weighted by atomic mass is 16.5. The van der Waals surface area contributed by atoms with Crippen LogP contribution >= 0.6 is 0 Å². The molecule has 0 aliphatic carbocycles. The smallest absolute Gasteiger partial charge is 0.123 e. The summed E-state index contributed by atoms with van der Waals surface area (Å²) in [5.41, 5.74) is 9.52. The number of hydrogen-bond acceptors (Lipinski definition) is 3. The molecular formula is C24H35NO2. The average molecular weight is 370 g/mol. The Morgan fingerprint density at radius 3 is 2.00 bits per heavy atom. The molecule has 0 fully saturated rings. The van der Waals surface area contributed by atoms with Crippen LogP contribution in [0, 0.1) is 0 Å². The number of rotatable bonds is 7. The second kappa shape index (κ2) is 8.79. The van der Waals surface area contributed by atoms with Crippen LogP contribution < -0.4 is 15.2 Å². The predicted octanol–water partition coefficient (Wildman–Crippen LogP) is 5.24. The summed E-state index contributed by atoms with van der Waals surface area (Å²) < 4.78 is 12.0. The third-order valence-electron chi connectivity index (χ3n) is 4.64. The van der Waals surface area contributed by atoms with Gasteiger partial charge in [0.1, 0.15) is 24.7 Å². The summed E-state index contributed by atoms with van der Waals surface area (Å²) >= 11 is 0. The largest absolute Gasteiger partial charge is 0.490 e. The molecule has 148 valence electrons. The summed E-state index contributed by atoms with van der Waals surface area (Å²) in [6, 6.07) is 14.6. The van der Waals surface area contributed by atoms with E-state index in [0.29, 0.717) is 19.8 Å². The molecule has 2 rings (SSSR count). The van der Waals surface area contributed by atoms with Crippen molar-refractivity contribution in [2.75, 3.05) is 19.8 Å². The van der Waals surface area contributed by atoms with Gasteiger partial charge in [-0.3, -0.25) is 0 Å². The summed E-state index contributed by atoms with van der Waals surface area (Å²) in [5, 5.41) is 0. The lowest BCUT2D eigenvalue weighted by Crippen LogP contribution is -2.19. The maximum Gasteiger partial charge on any atom is 0.123 e. The Morgan fingerprint density at radius 1 is 0.778 bits per heavy atom. The molecule has 0 amide bonds. The van der Waals surface area contributed by atoms with E-state index >= 15 is 0 Å². The Morgan fingerprint density at radius 2 is 1.41 bits per heavy atom. The molecular weight excluding hydrogens is 334 g/mol. The van der Waals surface area contributed by atoms with Crippen LogP contribution in [0.5, 0.6) is 11.5 Å². The second-order valence-electron chi connectivity index (χ2n) is 9.05. The SMILES string of the molecule is CC(C)(C)c1ccc(OCCOc2ccccc2CCN)c(C(C)(C)C)c1. The van der Waals surface area contributed by atoms with E-state index in [1.54, 1.807) is 0 Å². The zero-order valence-corrected chi connectivity index (χ0v) is 17.8. The van der Waals surface area contributed by atoms with Crippen LogP contribution in [0.1, 0.15) is 58.2 Å². The lowest BCUT2D eigenvalue weighted by atomic mass is 9.80. The number of ether oxygens (including phenoxy) is 2. The van der Waals surface area contributed by atoms with Crippen LogP contribution in [-0.2, 0) is 17.3 Å². The first-order valence-corrected chi connectivity index (χ1v) is 9.81. The van der Waals surface area contributed by atoms with Crippen LogP contribution in [0.4, 0.5) is 0 Å². The molecule has 27 heavy (non-hydrogen) atoms. The first-order valence-electron chi connectivity index (χ1n) is 9.81. The van der Waals surface area contributed by atoms with Crippen molar-refractivity contribution in [1.29, 1.82) is 0 Å². The summed E-state index contributed by atoms with van der Waals surface area (Å²) in [6.07, 6.45) is 0.819. The van der Waals surface area contributed by atoms with Gasteiger partial charge in [-0.15, -0.1) is 0 Å². The molecule has 0 aromatic heterocycles. The molecule has 0 heterocycles. The van der Waals surface area contributed by atoms with Crippen LogP contribution in [0.2, 0.25) is 0 Å². The quantitative estimate of drug-likeness (QED) is 0.679. The Bertz CT molecular complexity index is 739. The van der Waals surface area contributed by atoms with E-state index < -0.39 is 0 Å². The molecule has 0 aliphatic heterocycles. The highest BCUT2D eigenvalue weighted by Gasteiger charge is 2.23. The Hall–Kier alpha value is -2.00. The van der Waals surface area contributed by atoms with Gasteiger partial charge in [0.25, 0.3) is 0 Å². The maximum absolute atomic E-state index is 6.10. The fourth-order valence-electron chi connectivity index (χ4n) is 3.02. The van der Waals surface area contributed by atoms with Crippen molar-refractivity contribution in [3.63, 3.8) is 0 Å². The Balaban J connectivity index is 2.06. The molecule has 0 unspecified atom stereocenters. The van der Waals surface area contributed by atoms with Crippen molar-refractivity contribution in [2.45, 2.75) is 58.8 Å². The van der Waals surface area contributed by atoms with Gasteiger partial charge in [-0.05, 0) is 52.6 Å². The van der Waals surface area contributed by atoms with Gasteiger partial charge in [0.15, 0.2) is 0 Å². The first-order chi connectivity index (χ1) is 12.6. The lowest BCUT2D eigenvalue weighted by molar-refractivity contribution is 0.213. The van der Waals surface area contributed by atoms with Crippen molar-refractivity contribution in [1.82, 2.24) is 0 Å². The van der Waals surface area contributed by atoms with Crippen LogP contribution in [0.15, 0.2) is 42.5 Å². The lowest BCUT2D eigenvalue weighted by Gasteiger charge is -2.27. The minimum atomic E-state index is 0.0190. The topological polar surface area (TPSA) is 44.5 Å². The third kappa shape index (κ3) is 6.00. The second-order valence-corrected chi connectivity index (χ2v) is 9.05. The number of hydrogen-bond donors (Lipinski definition) is 1. The third-order valence-corrected chi connectivity index (χ3v) is 4.64. The van der Waals surface area contributed by atoms with Gasteiger partial charge in [0, 0.05) is 0 Å². The van der Waals surface area contributed by atoms with Crippen LogP contribution in [-0.4, -0.2) is 19.8 Å². The van der Waals surface area contributed by atoms with Crippen molar-refractivity contribution in [2.24, 2.45) is 5.73 Å². The molecule has 0 saturated heterocycles. The van der Waals surface area contributed by atoms with E-state index in [0.717, 1.165) is 23.5 Å². The standard InChI is InChI=1S/C24H35NO2/c1-23(2,3)19-11-12-22(20(17-19)24(4,5)6)27-16-15-26-21-10-8-7-9-18(21)13-14-25/h7-12,17H,13-16,25H2,1-6H3. The number of para-hydroxylation sites is 1. The highest BCUT2D eigenvalue weighted by molar-refractivity contribution is 5.43. The molecule has 0 bridgehead atoms. The fourth-order valence-corrected chi connectivity index (χ4v) is 3.02. The minimum Gasteiger partial charge on any atom is -0.490 e. The molecule has 2 N–H and O–H groups in total. The minimum absolute atomic E-state index is 0.0190. The summed E-state index contributed by atoms with van der Waals surface area (Å²) in [7, 11) is 0. The molecule has 2 aromatic carbocycles. The van der Waals surface area contributed by atoms with E-state index in [4.69, 9.17) is 15.2 Å². The van der Waals surface area contributed by atoms with Gasteiger partial charge >= 0.3 is 0 Å². The molecule has 3 nitrogen and oxygen atoms in total. The molecule has 0 radical (unpaired) electrons. The van der Waals surface area contributed by atoms with E-state index in [1.165, 1.54) is 11.1 Å². The average Bonchev–Trinajstić information content (AvgIpc) is 2.58. The molecule has 0 spiro atoms. The van der Waals surface area contributed by atoms with E-state index in [1.807, 2.05) is 18.2 Å². The van der Waals surface area contributed by atoms with Gasteiger partial charge in [0.2, 0.25) is 0 Å².